The van der Waals surface area contributed by atoms with Gasteiger partial charge in [-0.3, -0.25) is 0 Å². The van der Waals surface area contributed by atoms with E-state index in [1.807, 2.05) is 18.4 Å². The zero-order valence-electron chi connectivity index (χ0n) is 10.7. The van der Waals surface area contributed by atoms with E-state index in [0.717, 1.165) is 18.7 Å². The van der Waals surface area contributed by atoms with E-state index in [9.17, 15) is 8.78 Å². The summed E-state index contributed by atoms with van der Waals surface area (Å²) in [7, 11) is 0. The molecule has 0 atom stereocenters. The van der Waals surface area contributed by atoms with Gasteiger partial charge in [0.25, 0.3) is 5.92 Å². The second-order valence-electron chi connectivity index (χ2n) is 5.23. The number of alkyl halides is 2. The first kappa shape index (κ1) is 12.5. The molecule has 1 aromatic rings. The lowest BCUT2D eigenvalue weighted by molar-refractivity contribution is -0.0182. The lowest BCUT2D eigenvalue weighted by atomic mass is 10.1. The van der Waals surface area contributed by atoms with Crippen molar-refractivity contribution in [2.45, 2.75) is 64.3 Å². The molecule has 0 amide bonds. The van der Waals surface area contributed by atoms with Crippen LogP contribution >= 0.6 is 0 Å². The molecule has 0 bridgehead atoms. The SMILES string of the molecule is CCCC(F)(F)c1cn(C2CC2)c(C(C)C)n1. The summed E-state index contributed by atoms with van der Waals surface area (Å²) in [6.07, 6.45) is 4.11. The zero-order valence-corrected chi connectivity index (χ0v) is 10.7. The average molecular weight is 242 g/mol. The summed E-state index contributed by atoms with van der Waals surface area (Å²) in [6.45, 7) is 5.78. The number of rotatable bonds is 5. The summed E-state index contributed by atoms with van der Waals surface area (Å²) in [6, 6.07) is 0.408. The van der Waals surface area contributed by atoms with Crippen molar-refractivity contribution in [2.24, 2.45) is 0 Å². The predicted octanol–water partition coefficient (Wildman–Crippen LogP) is 4.23. The van der Waals surface area contributed by atoms with Crippen molar-refractivity contribution in [3.63, 3.8) is 0 Å². The molecule has 2 rings (SSSR count). The van der Waals surface area contributed by atoms with Gasteiger partial charge in [-0.05, 0) is 12.8 Å². The highest BCUT2D eigenvalue weighted by atomic mass is 19.3. The maximum atomic E-state index is 13.8. The highest BCUT2D eigenvalue weighted by molar-refractivity contribution is 5.15. The molecule has 0 N–H and O–H groups in total. The first-order chi connectivity index (χ1) is 7.95. The molecule has 1 aliphatic carbocycles. The summed E-state index contributed by atoms with van der Waals surface area (Å²) in [5.74, 6) is -1.78. The number of imidazole rings is 1. The lowest BCUT2D eigenvalue weighted by Gasteiger charge is -2.11. The third kappa shape index (κ3) is 2.50. The molecule has 0 aliphatic heterocycles. The van der Waals surface area contributed by atoms with Gasteiger partial charge in [0.2, 0.25) is 0 Å². The van der Waals surface area contributed by atoms with Crippen LogP contribution in [-0.2, 0) is 5.92 Å². The van der Waals surface area contributed by atoms with Crippen LogP contribution in [0.4, 0.5) is 8.78 Å². The van der Waals surface area contributed by atoms with Gasteiger partial charge in [0.15, 0.2) is 0 Å². The Hall–Kier alpha value is -0.930. The van der Waals surface area contributed by atoms with Gasteiger partial charge in [0, 0.05) is 24.6 Å². The normalized spacial score (nSPS) is 16.8. The van der Waals surface area contributed by atoms with Crippen LogP contribution < -0.4 is 0 Å². The van der Waals surface area contributed by atoms with Gasteiger partial charge < -0.3 is 4.57 Å². The highest BCUT2D eigenvalue weighted by Gasteiger charge is 2.36. The molecule has 0 unspecified atom stereocenters. The average Bonchev–Trinajstić information content (AvgIpc) is 2.96. The van der Waals surface area contributed by atoms with Gasteiger partial charge in [-0.2, -0.15) is 8.78 Å². The molecular formula is C13H20F2N2. The van der Waals surface area contributed by atoms with E-state index in [-0.39, 0.29) is 18.0 Å². The molecule has 0 saturated heterocycles. The highest BCUT2D eigenvalue weighted by Crippen LogP contribution is 2.40. The minimum absolute atomic E-state index is 0.0463. The van der Waals surface area contributed by atoms with Crippen LogP contribution in [-0.4, -0.2) is 9.55 Å². The molecule has 0 radical (unpaired) electrons. The number of hydrogen-bond donors (Lipinski definition) is 0. The van der Waals surface area contributed by atoms with Gasteiger partial charge in [0.05, 0.1) is 0 Å². The minimum atomic E-state index is -2.78. The molecule has 2 nitrogen and oxygen atoms in total. The Morgan fingerprint density at radius 2 is 2.12 bits per heavy atom. The molecular weight excluding hydrogens is 222 g/mol. The van der Waals surface area contributed by atoms with Crippen LogP contribution in [0.15, 0.2) is 6.20 Å². The molecule has 1 aromatic heterocycles. The first-order valence-electron chi connectivity index (χ1n) is 6.42. The van der Waals surface area contributed by atoms with Gasteiger partial charge >= 0.3 is 0 Å². The Labute approximate surface area is 101 Å². The number of hydrogen-bond acceptors (Lipinski definition) is 1. The molecule has 4 heteroatoms. The summed E-state index contributed by atoms with van der Waals surface area (Å²) >= 11 is 0. The Kier molecular flexibility index (Phi) is 3.23. The van der Waals surface area contributed by atoms with E-state index in [4.69, 9.17) is 0 Å². The van der Waals surface area contributed by atoms with E-state index in [1.54, 1.807) is 13.1 Å². The van der Waals surface area contributed by atoms with Crippen molar-refractivity contribution in [1.82, 2.24) is 9.55 Å². The fourth-order valence-corrected chi connectivity index (χ4v) is 2.10. The molecule has 96 valence electrons. The van der Waals surface area contributed by atoms with Crippen molar-refractivity contribution >= 4 is 0 Å². The van der Waals surface area contributed by atoms with Gasteiger partial charge in [-0.25, -0.2) is 4.98 Å². The van der Waals surface area contributed by atoms with Gasteiger partial charge in [0.1, 0.15) is 11.5 Å². The van der Waals surface area contributed by atoms with Crippen molar-refractivity contribution in [3.8, 4) is 0 Å². The number of aromatic nitrogens is 2. The molecule has 0 spiro atoms. The smallest absolute Gasteiger partial charge is 0.291 e. The second kappa shape index (κ2) is 4.39. The van der Waals surface area contributed by atoms with Gasteiger partial charge in [-0.1, -0.05) is 27.2 Å². The van der Waals surface area contributed by atoms with Crippen molar-refractivity contribution in [2.75, 3.05) is 0 Å². The summed E-state index contributed by atoms with van der Waals surface area (Å²) < 4.78 is 29.6. The van der Waals surface area contributed by atoms with Crippen LogP contribution in [0.5, 0.6) is 0 Å². The Bertz CT molecular complexity index is 373. The van der Waals surface area contributed by atoms with Crippen LogP contribution in [0.25, 0.3) is 0 Å². The quantitative estimate of drug-likeness (QED) is 0.755. The Morgan fingerprint density at radius 1 is 1.47 bits per heavy atom. The summed E-state index contributed by atoms with van der Waals surface area (Å²) in [5, 5.41) is 0. The maximum Gasteiger partial charge on any atom is 0.291 e. The molecule has 0 aromatic carbocycles. The summed E-state index contributed by atoms with van der Waals surface area (Å²) in [5.41, 5.74) is -0.0463. The molecule has 1 saturated carbocycles. The minimum Gasteiger partial charge on any atom is -0.331 e. The lowest BCUT2D eigenvalue weighted by Crippen LogP contribution is -2.13. The van der Waals surface area contributed by atoms with Crippen molar-refractivity contribution in [1.29, 1.82) is 0 Å². The second-order valence-corrected chi connectivity index (χ2v) is 5.23. The van der Waals surface area contributed by atoms with Crippen LogP contribution in [0.3, 0.4) is 0 Å². The first-order valence-corrected chi connectivity index (χ1v) is 6.42. The third-order valence-corrected chi connectivity index (χ3v) is 3.16. The fourth-order valence-electron chi connectivity index (χ4n) is 2.10. The Balaban J connectivity index is 2.32. The largest absolute Gasteiger partial charge is 0.331 e. The Morgan fingerprint density at radius 3 is 2.59 bits per heavy atom. The van der Waals surface area contributed by atoms with Gasteiger partial charge in [-0.15, -0.1) is 0 Å². The van der Waals surface area contributed by atoms with E-state index in [1.165, 1.54) is 0 Å². The fraction of sp³-hybridized carbons (Fsp3) is 0.769. The maximum absolute atomic E-state index is 13.8. The van der Waals surface area contributed by atoms with E-state index in [0.29, 0.717) is 12.5 Å². The van der Waals surface area contributed by atoms with E-state index in [2.05, 4.69) is 4.98 Å². The van der Waals surface area contributed by atoms with Crippen LogP contribution in [0.1, 0.15) is 69.9 Å². The van der Waals surface area contributed by atoms with Crippen LogP contribution in [0.2, 0.25) is 0 Å². The number of nitrogens with zero attached hydrogens (tertiary/aromatic N) is 2. The predicted molar refractivity (Wildman–Crippen MR) is 63.4 cm³/mol. The van der Waals surface area contributed by atoms with Crippen LogP contribution in [0, 0.1) is 0 Å². The molecule has 17 heavy (non-hydrogen) atoms. The van der Waals surface area contributed by atoms with Crippen molar-refractivity contribution in [3.05, 3.63) is 17.7 Å². The molecule has 1 heterocycles. The number of halogens is 2. The van der Waals surface area contributed by atoms with Crippen molar-refractivity contribution < 1.29 is 8.78 Å². The third-order valence-electron chi connectivity index (χ3n) is 3.16. The van der Waals surface area contributed by atoms with E-state index >= 15 is 0 Å². The summed E-state index contributed by atoms with van der Waals surface area (Å²) in [4.78, 5) is 4.17. The standard InChI is InChI=1S/C13H20F2N2/c1-4-7-13(14,15)11-8-17(10-5-6-10)12(16-11)9(2)3/h8-10H,4-7H2,1-3H3. The zero-order chi connectivity index (χ0) is 12.6. The monoisotopic (exact) mass is 242 g/mol. The molecule has 1 fully saturated rings. The molecule has 1 aliphatic rings. The topological polar surface area (TPSA) is 17.8 Å². The van der Waals surface area contributed by atoms with E-state index < -0.39 is 5.92 Å².